The minimum atomic E-state index is -0.0619. The zero-order valence-corrected chi connectivity index (χ0v) is 22.1. The quantitative estimate of drug-likeness (QED) is 0.485. The summed E-state index contributed by atoms with van der Waals surface area (Å²) in [5.41, 5.74) is 3.07. The molecular formula is C28H30ClN3O3S. The molecule has 2 aliphatic rings. The minimum absolute atomic E-state index is 0.0214. The molecule has 3 aromatic rings. The van der Waals surface area contributed by atoms with Crippen molar-refractivity contribution >= 4 is 34.8 Å². The molecule has 0 saturated carbocycles. The Bertz CT molecular complexity index is 1230. The Kier molecular flexibility index (Phi) is 7.32. The van der Waals surface area contributed by atoms with Crippen LogP contribution in [0.15, 0.2) is 60.0 Å². The van der Waals surface area contributed by atoms with E-state index in [9.17, 15) is 9.59 Å². The lowest BCUT2D eigenvalue weighted by molar-refractivity contribution is -0.135. The molecule has 2 atom stereocenters. The number of rotatable bonds is 5. The van der Waals surface area contributed by atoms with Crippen molar-refractivity contribution in [2.45, 2.75) is 25.4 Å². The number of nitrogens with zero attached hydrogens (tertiary/aromatic N) is 3. The topological polar surface area (TPSA) is 53.1 Å². The van der Waals surface area contributed by atoms with E-state index in [1.807, 2.05) is 28.9 Å². The molecule has 1 aromatic heterocycles. The van der Waals surface area contributed by atoms with Crippen molar-refractivity contribution in [2.75, 3.05) is 39.8 Å². The summed E-state index contributed by atoms with van der Waals surface area (Å²) in [4.78, 5) is 33.9. The predicted molar refractivity (Wildman–Crippen MR) is 143 cm³/mol. The number of halogens is 1. The highest BCUT2D eigenvalue weighted by Gasteiger charge is 2.34. The summed E-state index contributed by atoms with van der Waals surface area (Å²) in [7, 11) is 1.67. The van der Waals surface area contributed by atoms with Crippen LogP contribution in [-0.4, -0.2) is 72.4 Å². The lowest BCUT2D eigenvalue weighted by Gasteiger charge is -2.42. The van der Waals surface area contributed by atoms with Gasteiger partial charge >= 0.3 is 0 Å². The fourth-order valence-corrected chi connectivity index (χ4v) is 6.26. The van der Waals surface area contributed by atoms with Crippen LogP contribution in [0.5, 0.6) is 5.75 Å². The van der Waals surface area contributed by atoms with Crippen LogP contribution < -0.4 is 4.74 Å². The van der Waals surface area contributed by atoms with Gasteiger partial charge in [-0.25, -0.2) is 0 Å². The van der Waals surface area contributed by atoms with Crippen LogP contribution in [0.2, 0.25) is 5.02 Å². The Balaban J connectivity index is 1.27. The molecule has 3 heterocycles. The van der Waals surface area contributed by atoms with Gasteiger partial charge in [0.1, 0.15) is 5.75 Å². The van der Waals surface area contributed by atoms with Crippen molar-refractivity contribution in [1.82, 2.24) is 14.7 Å². The molecule has 2 amide bonds. The molecular weight excluding hydrogens is 494 g/mol. The number of piperazine rings is 1. The second-order valence-electron chi connectivity index (χ2n) is 9.39. The highest BCUT2D eigenvalue weighted by molar-refractivity contribution is 7.10. The minimum Gasteiger partial charge on any atom is -0.497 e. The molecule has 1 saturated heterocycles. The molecule has 6 nitrogen and oxygen atoms in total. The molecule has 0 aliphatic carbocycles. The van der Waals surface area contributed by atoms with E-state index < -0.39 is 0 Å². The molecule has 5 rings (SSSR count). The van der Waals surface area contributed by atoms with Crippen molar-refractivity contribution in [3.05, 3.63) is 86.6 Å². The normalized spacial score (nSPS) is 20.2. The van der Waals surface area contributed by atoms with Gasteiger partial charge < -0.3 is 14.5 Å². The van der Waals surface area contributed by atoms with Crippen molar-refractivity contribution in [1.29, 1.82) is 0 Å². The number of hydrogen-bond acceptors (Lipinski definition) is 5. The summed E-state index contributed by atoms with van der Waals surface area (Å²) in [5.74, 6) is 0.909. The van der Waals surface area contributed by atoms with E-state index in [0.717, 1.165) is 24.3 Å². The Morgan fingerprint density at radius 2 is 1.78 bits per heavy atom. The van der Waals surface area contributed by atoms with Gasteiger partial charge in [-0.3, -0.25) is 14.5 Å². The third-order valence-corrected chi connectivity index (χ3v) is 8.42. The first-order chi connectivity index (χ1) is 17.4. The third-order valence-electron chi connectivity index (χ3n) is 7.17. The van der Waals surface area contributed by atoms with Crippen LogP contribution in [0.25, 0.3) is 0 Å². The second-order valence-corrected chi connectivity index (χ2v) is 10.8. The van der Waals surface area contributed by atoms with Gasteiger partial charge in [0.2, 0.25) is 5.91 Å². The Morgan fingerprint density at radius 1 is 1.03 bits per heavy atom. The van der Waals surface area contributed by atoms with Crippen LogP contribution in [0.3, 0.4) is 0 Å². The summed E-state index contributed by atoms with van der Waals surface area (Å²) in [6, 6.07) is 17.3. The number of methoxy groups -OCH3 is 1. The van der Waals surface area contributed by atoms with Gasteiger partial charge in [0, 0.05) is 47.7 Å². The highest BCUT2D eigenvalue weighted by atomic mass is 35.5. The van der Waals surface area contributed by atoms with E-state index in [0.29, 0.717) is 36.8 Å². The zero-order valence-electron chi connectivity index (χ0n) is 20.5. The number of amides is 2. The number of ether oxygens (including phenoxy) is 1. The number of hydrogen-bond donors (Lipinski definition) is 0. The van der Waals surface area contributed by atoms with Gasteiger partial charge in [-0.2, -0.15) is 0 Å². The fourth-order valence-electron chi connectivity index (χ4n) is 5.23. The predicted octanol–water partition coefficient (Wildman–Crippen LogP) is 4.73. The average Bonchev–Trinajstić information content (AvgIpc) is 3.37. The lowest BCUT2D eigenvalue weighted by atomic mass is 9.93. The zero-order chi connectivity index (χ0) is 25.2. The molecule has 36 heavy (non-hydrogen) atoms. The van der Waals surface area contributed by atoms with Crippen molar-refractivity contribution in [3.63, 3.8) is 0 Å². The standard InChI is InChI=1S/C28H30ClN3O3S/c1-19-17-30(14-15-32(19)28(34)21-3-7-22(29)8-4-21)26(33)18-31-13-11-25-24(12-16-36-25)27(31)20-5-9-23(35-2)10-6-20/h3-10,12,16,19,27H,11,13-15,17-18H2,1-2H3/t19-,27-/m0/s1. The van der Waals surface area contributed by atoms with E-state index in [1.54, 1.807) is 42.7 Å². The Labute approximate surface area is 221 Å². The maximum absolute atomic E-state index is 13.5. The molecule has 2 aromatic carbocycles. The largest absolute Gasteiger partial charge is 0.497 e. The number of fused-ring (bicyclic) bond motifs is 1. The first-order valence-electron chi connectivity index (χ1n) is 12.2. The van der Waals surface area contributed by atoms with Gasteiger partial charge in [-0.05, 0) is 72.3 Å². The van der Waals surface area contributed by atoms with Gasteiger partial charge in [0.25, 0.3) is 5.91 Å². The van der Waals surface area contributed by atoms with Gasteiger partial charge in [0.05, 0.1) is 19.7 Å². The van der Waals surface area contributed by atoms with Crippen LogP contribution in [0.1, 0.15) is 39.3 Å². The van der Waals surface area contributed by atoms with Gasteiger partial charge in [-0.15, -0.1) is 11.3 Å². The summed E-state index contributed by atoms with van der Waals surface area (Å²) in [5, 5.41) is 2.75. The molecule has 0 bridgehead atoms. The summed E-state index contributed by atoms with van der Waals surface area (Å²) in [6.07, 6.45) is 0.951. The number of carbonyl (C=O) groups excluding carboxylic acids is 2. The Morgan fingerprint density at radius 3 is 2.47 bits per heavy atom. The van der Waals surface area contributed by atoms with Crippen molar-refractivity contribution in [2.24, 2.45) is 0 Å². The van der Waals surface area contributed by atoms with Gasteiger partial charge in [0.15, 0.2) is 0 Å². The molecule has 0 radical (unpaired) electrons. The maximum atomic E-state index is 13.5. The first kappa shape index (κ1) is 24.8. The molecule has 0 unspecified atom stereocenters. The number of benzene rings is 2. The van der Waals surface area contributed by atoms with E-state index in [4.69, 9.17) is 16.3 Å². The van der Waals surface area contributed by atoms with E-state index in [2.05, 4.69) is 28.5 Å². The summed E-state index contributed by atoms with van der Waals surface area (Å²) >= 11 is 7.76. The molecule has 1 fully saturated rings. The summed E-state index contributed by atoms with van der Waals surface area (Å²) < 4.78 is 5.34. The molecule has 0 N–H and O–H groups in total. The van der Waals surface area contributed by atoms with E-state index in [-0.39, 0.29) is 23.9 Å². The van der Waals surface area contributed by atoms with Crippen LogP contribution in [-0.2, 0) is 11.2 Å². The molecule has 2 aliphatic heterocycles. The smallest absolute Gasteiger partial charge is 0.254 e. The van der Waals surface area contributed by atoms with Crippen LogP contribution in [0.4, 0.5) is 0 Å². The van der Waals surface area contributed by atoms with E-state index in [1.165, 1.54) is 10.4 Å². The SMILES string of the molecule is COc1ccc([C@H]2c3ccsc3CCN2CC(=O)N2CCN(C(=O)c3ccc(Cl)cc3)[C@@H](C)C2)cc1. The molecule has 0 spiro atoms. The molecule has 8 heteroatoms. The maximum Gasteiger partial charge on any atom is 0.254 e. The number of thiophene rings is 1. The second kappa shape index (κ2) is 10.6. The van der Waals surface area contributed by atoms with Crippen molar-refractivity contribution < 1.29 is 14.3 Å². The number of carbonyl (C=O) groups is 2. The van der Waals surface area contributed by atoms with E-state index >= 15 is 0 Å². The monoisotopic (exact) mass is 523 g/mol. The highest BCUT2D eigenvalue weighted by Crippen LogP contribution is 2.38. The summed E-state index contributed by atoms with van der Waals surface area (Å²) in [6.45, 7) is 4.78. The lowest BCUT2D eigenvalue weighted by Crippen LogP contribution is -2.57. The fraction of sp³-hybridized carbons (Fsp3) is 0.357. The van der Waals surface area contributed by atoms with Crippen LogP contribution in [0, 0.1) is 0 Å². The van der Waals surface area contributed by atoms with Gasteiger partial charge in [-0.1, -0.05) is 23.7 Å². The Hall–Kier alpha value is -2.87. The van der Waals surface area contributed by atoms with Crippen LogP contribution >= 0.6 is 22.9 Å². The van der Waals surface area contributed by atoms with Crippen molar-refractivity contribution in [3.8, 4) is 5.75 Å². The molecule has 188 valence electrons. The average molecular weight is 524 g/mol. The third kappa shape index (κ3) is 5.01. The first-order valence-corrected chi connectivity index (χ1v) is 13.5.